The Balaban J connectivity index is 1.98. The number of alkyl halides is 5. The lowest BCUT2D eigenvalue weighted by molar-refractivity contribution is -0.679. The van der Waals surface area contributed by atoms with Gasteiger partial charge in [-0.15, -0.1) is 0 Å². The van der Waals surface area contributed by atoms with Crippen molar-refractivity contribution < 1.29 is 41.0 Å². The summed E-state index contributed by atoms with van der Waals surface area (Å²) < 4.78 is 75.3. The number of hydrogen-bond acceptors (Lipinski definition) is 5. The van der Waals surface area contributed by atoms with Crippen molar-refractivity contribution in [2.75, 3.05) is 0 Å². The molecule has 1 amide bonds. The van der Waals surface area contributed by atoms with E-state index in [4.69, 9.17) is 27.6 Å². The van der Waals surface area contributed by atoms with Crippen molar-refractivity contribution in [1.29, 1.82) is 0 Å². The SMILES string of the molecule is O=C(c1ccc(OC(F)F)c2oc3ccc(C(F)(F)F)cc3c12)[NH+]([O-])c1c(Cl)cncc1Cl. The number of ether oxygens (including phenoxy) is 1. The van der Waals surface area contributed by atoms with Gasteiger partial charge in [-0.3, -0.25) is 10.0 Å². The third-order valence-electron chi connectivity index (χ3n) is 4.66. The highest BCUT2D eigenvalue weighted by Gasteiger charge is 2.33. The molecule has 172 valence electrons. The van der Waals surface area contributed by atoms with Gasteiger partial charge in [-0.05, 0) is 30.3 Å². The van der Waals surface area contributed by atoms with Crippen molar-refractivity contribution in [3.63, 3.8) is 0 Å². The first-order chi connectivity index (χ1) is 15.5. The van der Waals surface area contributed by atoms with Crippen molar-refractivity contribution in [2.24, 2.45) is 0 Å². The van der Waals surface area contributed by atoms with Crippen molar-refractivity contribution in [2.45, 2.75) is 12.8 Å². The highest BCUT2D eigenvalue weighted by Crippen LogP contribution is 2.40. The fourth-order valence-corrected chi connectivity index (χ4v) is 3.81. The van der Waals surface area contributed by atoms with Crippen LogP contribution >= 0.6 is 23.2 Å². The molecule has 13 heteroatoms. The van der Waals surface area contributed by atoms with Gasteiger partial charge < -0.3 is 14.4 Å². The molecule has 0 fully saturated rings. The second-order valence-electron chi connectivity index (χ2n) is 6.64. The Morgan fingerprint density at radius 2 is 1.79 bits per heavy atom. The number of carbonyl (C=O) groups is 1. The molecule has 2 aromatic heterocycles. The minimum absolute atomic E-state index is 0.148. The molecule has 0 aliphatic rings. The number of amides is 1. The Morgan fingerprint density at radius 1 is 1.12 bits per heavy atom. The van der Waals surface area contributed by atoms with Gasteiger partial charge in [-0.2, -0.15) is 22.0 Å². The summed E-state index contributed by atoms with van der Waals surface area (Å²) in [4.78, 5) is 16.8. The van der Waals surface area contributed by atoms with Crippen LogP contribution in [0.1, 0.15) is 15.9 Å². The summed E-state index contributed by atoms with van der Waals surface area (Å²) in [6, 6.07) is 4.29. The van der Waals surface area contributed by atoms with Crippen LogP contribution in [-0.2, 0) is 6.18 Å². The molecule has 1 atom stereocenters. The molecule has 0 saturated heterocycles. The van der Waals surface area contributed by atoms with Crippen LogP contribution in [0.3, 0.4) is 0 Å². The topological polar surface area (TPSA) is 79.8 Å². The third-order valence-corrected chi connectivity index (χ3v) is 5.23. The number of quaternary nitrogens is 1. The van der Waals surface area contributed by atoms with Gasteiger partial charge in [0.1, 0.15) is 15.6 Å². The molecule has 0 bridgehead atoms. The molecule has 0 spiro atoms. The molecule has 0 radical (unpaired) electrons. The lowest BCUT2D eigenvalue weighted by atomic mass is 10.0. The number of hydrogen-bond donors (Lipinski definition) is 1. The van der Waals surface area contributed by atoms with E-state index in [2.05, 4.69) is 9.72 Å². The van der Waals surface area contributed by atoms with E-state index in [1.54, 1.807) is 0 Å². The van der Waals surface area contributed by atoms with E-state index in [1.165, 1.54) is 0 Å². The zero-order valence-electron chi connectivity index (χ0n) is 15.8. The zero-order valence-corrected chi connectivity index (χ0v) is 17.4. The van der Waals surface area contributed by atoms with Crippen molar-refractivity contribution >= 4 is 56.7 Å². The summed E-state index contributed by atoms with van der Waals surface area (Å²) in [5.41, 5.74) is -2.45. The summed E-state index contributed by atoms with van der Waals surface area (Å²) >= 11 is 11.9. The highest BCUT2D eigenvalue weighted by molar-refractivity contribution is 6.38. The minimum atomic E-state index is -4.74. The van der Waals surface area contributed by atoms with Crippen LogP contribution in [0.15, 0.2) is 47.1 Å². The molecule has 6 nitrogen and oxygen atoms in total. The monoisotopic (exact) mass is 506 g/mol. The van der Waals surface area contributed by atoms with E-state index in [-0.39, 0.29) is 32.1 Å². The summed E-state index contributed by atoms with van der Waals surface area (Å²) in [6.07, 6.45) is -2.59. The summed E-state index contributed by atoms with van der Waals surface area (Å²) in [5, 5.41) is 10.7. The first-order valence-electron chi connectivity index (χ1n) is 8.88. The minimum Gasteiger partial charge on any atom is -0.621 e. The predicted octanol–water partition coefficient (Wildman–Crippen LogP) is 5.76. The maximum atomic E-state index is 13.3. The van der Waals surface area contributed by atoms with Crippen LogP contribution in [0.4, 0.5) is 27.6 Å². The van der Waals surface area contributed by atoms with E-state index in [9.17, 15) is 32.0 Å². The Labute approximate surface area is 190 Å². The smallest absolute Gasteiger partial charge is 0.416 e. The summed E-state index contributed by atoms with van der Waals surface area (Å²) in [6.45, 7) is -3.29. The fourth-order valence-electron chi connectivity index (χ4n) is 3.27. The number of pyridine rings is 1. The van der Waals surface area contributed by atoms with Crippen molar-refractivity contribution in [3.8, 4) is 5.75 Å². The summed E-state index contributed by atoms with van der Waals surface area (Å²) in [7, 11) is 0. The van der Waals surface area contributed by atoms with E-state index < -0.39 is 46.2 Å². The van der Waals surface area contributed by atoms with Gasteiger partial charge in [-0.1, -0.05) is 23.2 Å². The number of rotatable bonds is 4. The first-order valence-corrected chi connectivity index (χ1v) is 9.64. The second kappa shape index (κ2) is 8.41. The molecule has 4 aromatic rings. The first kappa shape index (κ1) is 23.2. The lowest BCUT2D eigenvalue weighted by Crippen LogP contribution is -3.05. The standard InChI is InChI=1S/C20H9Cl2F5N2O4/c21-11-6-28-7-12(22)16(11)29(31)18(30)9-2-4-14(33-19(23)24)17-15(9)10-5-8(20(25,26)27)1-3-13(10)32-17/h1-7,19,29H. The molecular weight excluding hydrogens is 498 g/mol. The van der Waals surface area contributed by atoms with Gasteiger partial charge in [0.25, 0.3) is 0 Å². The van der Waals surface area contributed by atoms with Crippen LogP contribution in [0.2, 0.25) is 10.0 Å². The maximum absolute atomic E-state index is 13.3. The van der Waals surface area contributed by atoms with Gasteiger partial charge >= 0.3 is 18.7 Å². The highest BCUT2D eigenvalue weighted by atomic mass is 35.5. The molecule has 2 aromatic carbocycles. The molecule has 33 heavy (non-hydrogen) atoms. The molecular formula is C20H9Cl2F5N2O4. The quantitative estimate of drug-likeness (QED) is 0.281. The fraction of sp³-hybridized carbons (Fsp3) is 0.100. The molecule has 0 aliphatic carbocycles. The van der Waals surface area contributed by atoms with Gasteiger partial charge in [0, 0.05) is 10.8 Å². The number of hydroxylamine groups is 1. The Bertz CT molecular complexity index is 1370. The molecule has 0 saturated carbocycles. The van der Waals surface area contributed by atoms with Gasteiger partial charge in [0.05, 0.1) is 23.5 Å². The molecule has 0 aliphatic heterocycles. The third kappa shape index (κ3) is 4.20. The van der Waals surface area contributed by atoms with E-state index in [0.717, 1.165) is 36.7 Å². The Morgan fingerprint density at radius 3 is 2.39 bits per heavy atom. The number of aromatic nitrogens is 1. The van der Waals surface area contributed by atoms with E-state index in [0.29, 0.717) is 6.07 Å². The number of benzene rings is 2. The maximum Gasteiger partial charge on any atom is 0.416 e. The van der Waals surface area contributed by atoms with Crippen molar-refractivity contribution in [3.05, 3.63) is 69.1 Å². The number of nitrogens with one attached hydrogen (secondary N) is 1. The lowest BCUT2D eigenvalue weighted by Gasteiger charge is -2.21. The number of fused-ring (bicyclic) bond motifs is 3. The van der Waals surface area contributed by atoms with E-state index >= 15 is 0 Å². The van der Waals surface area contributed by atoms with Gasteiger partial charge in [0.2, 0.25) is 0 Å². The van der Waals surface area contributed by atoms with Gasteiger partial charge in [-0.25, -0.2) is 4.79 Å². The van der Waals surface area contributed by atoms with Crippen LogP contribution in [0.25, 0.3) is 21.9 Å². The average molecular weight is 507 g/mol. The second-order valence-corrected chi connectivity index (χ2v) is 7.46. The average Bonchev–Trinajstić information content (AvgIpc) is 3.12. The van der Waals surface area contributed by atoms with Crippen LogP contribution < -0.4 is 9.80 Å². The summed E-state index contributed by atoms with van der Waals surface area (Å²) in [5.74, 6) is -1.74. The molecule has 1 unspecified atom stereocenters. The van der Waals surface area contributed by atoms with E-state index in [1.807, 2.05) is 0 Å². The molecule has 1 N–H and O–H groups in total. The number of nitrogens with zero attached hydrogens (tertiary/aromatic N) is 1. The normalized spacial score (nSPS) is 13.1. The van der Waals surface area contributed by atoms with Crippen LogP contribution in [0.5, 0.6) is 5.75 Å². The number of carbonyl (C=O) groups excluding carboxylic acids is 1. The number of furan rings is 1. The van der Waals surface area contributed by atoms with Crippen LogP contribution in [-0.4, -0.2) is 17.5 Å². The molecule has 4 rings (SSSR count). The largest absolute Gasteiger partial charge is 0.621 e. The number of halogens is 7. The van der Waals surface area contributed by atoms with Crippen molar-refractivity contribution in [1.82, 2.24) is 4.98 Å². The predicted molar refractivity (Wildman–Crippen MR) is 108 cm³/mol. The zero-order chi connectivity index (χ0) is 24.1. The van der Waals surface area contributed by atoms with Gasteiger partial charge in [0.15, 0.2) is 17.0 Å². The molecule has 2 heterocycles. The Hall–Kier alpha value is -2.99. The Kier molecular flexibility index (Phi) is 5.91. The van der Waals surface area contributed by atoms with Crippen LogP contribution in [0, 0.1) is 5.21 Å².